The van der Waals surface area contributed by atoms with Gasteiger partial charge < -0.3 is 25.8 Å². The van der Waals surface area contributed by atoms with E-state index in [4.69, 9.17) is 4.74 Å². The van der Waals surface area contributed by atoms with Crippen LogP contribution in [0.25, 0.3) is 0 Å². The fourth-order valence-electron chi connectivity index (χ4n) is 3.05. The minimum atomic E-state index is -1.42. The maximum Gasteiger partial charge on any atom is 0.408 e. The lowest BCUT2D eigenvalue weighted by Gasteiger charge is -2.29. The number of ether oxygens (including phenoxy) is 1. The van der Waals surface area contributed by atoms with E-state index in [1.165, 1.54) is 0 Å². The summed E-state index contributed by atoms with van der Waals surface area (Å²) in [6.07, 6.45) is -0.0670. The number of aliphatic hydroxyl groups is 1. The number of aliphatic hydroxyl groups excluding tert-OH is 1. The van der Waals surface area contributed by atoms with Gasteiger partial charge in [-0.05, 0) is 51.5 Å². The van der Waals surface area contributed by atoms with E-state index in [0.717, 1.165) is 18.4 Å². The molecule has 4 N–H and O–H groups in total. The number of hydrogen-bond acceptors (Lipinski definition) is 5. The van der Waals surface area contributed by atoms with Gasteiger partial charge in [0.05, 0.1) is 6.04 Å². The second-order valence-electron chi connectivity index (χ2n) is 9.40. The molecule has 1 aliphatic rings. The van der Waals surface area contributed by atoms with Gasteiger partial charge in [0.2, 0.25) is 5.91 Å². The van der Waals surface area contributed by atoms with Crippen molar-refractivity contribution in [1.29, 1.82) is 0 Å². The van der Waals surface area contributed by atoms with E-state index in [1.54, 1.807) is 34.6 Å². The Labute approximate surface area is 184 Å². The van der Waals surface area contributed by atoms with Crippen molar-refractivity contribution < 1.29 is 24.2 Å². The summed E-state index contributed by atoms with van der Waals surface area (Å²) in [6, 6.07) is 7.66. The van der Waals surface area contributed by atoms with Crippen LogP contribution < -0.4 is 16.0 Å². The average molecular weight is 434 g/mol. The van der Waals surface area contributed by atoms with Gasteiger partial charge in [-0.25, -0.2) is 4.79 Å². The van der Waals surface area contributed by atoms with Crippen molar-refractivity contribution in [2.45, 2.75) is 83.7 Å². The molecule has 0 saturated heterocycles. The number of amides is 3. The predicted molar refractivity (Wildman–Crippen MR) is 117 cm³/mol. The van der Waals surface area contributed by atoms with Crippen LogP contribution in [0.3, 0.4) is 0 Å². The van der Waals surface area contributed by atoms with Crippen molar-refractivity contribution in [3.63, 3.8) is 0 Å². The minimum absolute atomic E-state index is 0.0903. The molecule has 0 heterocycles. The first-order valence-electron chi connectivity index (χ1n) is 10.8. The highest BCUT2D eigenvalue weighted by Crippen LogP contribution is 2.19. The molecule has 3 amide bonds. The molecule has 0 radical (unpaired) electrons. The van der Waals surface area contributed by atoms with Gasteiger partial charge in [0.1, 0.15) is 11.6 Å². The lowest BCUT2D eigenvalue weighted by Crippen LogP contribution is -2.58. The molecular weight excluding hydrogens is 398 g/mol. The third kappa shape index (κ3) is 8.57. The maximum absolute atomic E-state index is 13.0. The van der Waals surface area contributed by atoms with Crippen molar-refractivity contribution in [1.82, 2.24) is 16.0 Å². The van der Waals surface area contributed by atoms with Crippen LogP contribution in [0.1, 0.15) is 53.0 Å². The standard InChI is InChI=1S/C23H35N3O5/c1-14(2)18(26-22(30)31-23(3,4)5)20(28)25-17(13-15-9-7-6-8-10-15)19(27)21(29)24-16-11-12-16/h6-10,14,16-19,27H,11-13H2,1-5H3,(H,24,29)(H,25,28)(H,26,30). The SMILES string of the molecule is CC(C)C(NC(=O)OC(C)(C)C)C(=O)NC(Cc1ccccc1)C(O)C(=O)NC1CC1. The Bertz CT molecular complexity index is 756. The molecule has 1 aromatic rings. The van der Waals surface area contributed by atoms with Crippen LogP contribution in [0.2, 0.25) is 0 Å². The zero-order chi connectivity index (χ0) is 23.2. The Balaban J connectivity index is 2.12. The highest BCUT2D eigenvalue weighted by Gasteiger charge is 2.34. The first-order valence-corrected chi connectivity index (χ1v) is 10.8. The molecule has 3 atom stereocenters. The largest absolute Gasteiger partial charge is 0.444 e. The first kappa shape index (κ1) is 24.7. The maximum atomic E-state index is 13.0. The van der Waals surface area contributed by atoms with Crippen LogP contribution in [0, 0.1) is 5.92 Å². The third-order valence-electron chi connectivity index (χ3n) is 4.82. The summed E-state index contributed by atoms with van der Waals surface area (Å²) in [4.78, 5) is 37.7. The Morgan fingerprint density at radius 1 is 1.06 bits per heavy atom. The number of nitrogens with one attached hydrogen (secondary N) is 3. The summed E-state index contributed by atoms with van der Waals surface area (Å²) in [5.41, 5.74) is 0.168. The van der Waals surface area contributed by atoms with Crippen molar-refractivity contribution in [3.05, 3.63) is 35.9 Å². The Morgan fingerprint density at radius 2 is 1.68 bits per heavy atom. The zero-order valence-corrected chi connectivity index (χ0v) is 19.0. The zero-order valence-electron chi connectivity index (χ0n) is 19.0. The summed E-state index contributed by atoms with van der Waals surface area (Å²) in [6.45, 7) is 8.80. The van der Waals surface area contributed by atoms with Crippen LogP contribution in [-0.4, -0.2) is 52.8 Å². The molecule has 2 rings (SSSR count). The normalized spacial score (nSPS) is 16.7. The highest BCUT2D eigenvalue weighted by atomic mass is 16.6. The number of hydrogen-bond donors (Lipinski definition) is 4. The molecule has 8 nitrogen and oxygen atoms in total. The molecule has 1 aromatic carbocycles. The van der Waals surface area contributed by atoms with Gasteiger partial charge in [0, 0.05) is 6.04 Å². The molecule has 1 saturated carbocycles. The summed E-state index contributed by atoms with van der Waals surface area (Å²) in [5, 5.41) is 18.8. The lowest BCUT2D eigenvalue weighted by atomic mass is 9.98. The molecule has 0 spiro atoms. The fraction of sp³-hybridized carbons (Fsp3) is 0.609. The first-order chi connectivity index (χ1) is 14.5. The number of carbonyl (C=O) groups excluding carboxylic acids is 3. The minimum Gasteiger partial charge on any atom is -0.444 e. The lowest BCUT2D eigenvalue weighted by molar-refractivity contribution is -0.133. The van der Waals surface area contributed by atoms with Gasteiger partial charge in [0.25, 0.3) is 5.91 Å². The number of rotatable bonds is 9. The Hall–Kier alpha value is -2.61. The summed E-state index contributed by atoms with van der Waals surface area (Å²) in [5.74, 6) is -1.23. The fourth-order valence-corrected chi connectivity index (χ4v) is 3.05. The molecule has 1 aliphatic carbocycles. The van der Waals surface area contributed by atoms with E-state index in [1.807, 2.05) is 30.3 Å². The molecular formula is C23H35N3O5. The summed E-state index contributed by atoms with van der Waals surface area (Å²) >= 11 is 0. The van der Waals surface area contributed by atoms with E-state index < -0.39 is 41.7 Å². The quantitative estimate of drug-likeness (QED) is 0.475. The molecule has 0 aliphatic heterocycles. The van der Waals surface area contributed by atoms with Crippen LogP contribution in [0.15, 0.2) is 30.3 Å². The van der Waals surface area contributed by atoms with E-state index in [9.17, 15) is 19.5 Å². The molecule has 3 unspecified atom stereocenters. The topological polar surface area (TPSA) is 117 Å². The Morgan fingerprint density at radius 3 is 2.19 bits per heavy atom. The molecule has 172 valence electrons. The van der Waals surface area contributed by atoms with Crippen LogP contribution in [-0.2, 0) is 20.7 Å². The van der Waals surface area contributed by atoms with Gasteiger partial charge in [-0.2, -0.15) is 0 Å². The van der Waals surface area contributed by atoms with E-state index in [-0.39, 0.29) is 18.4 Å². The van der Waals surface area contributed by atoms with E-state index >= 15 is 0 Å². The van der Waals surface area contributed by atoms with E-state index in [0.29, 0.717) is 0 Å². The second kappa shape index (κ2) is 10.6. The smallest absolute Gasteiger partial charge is 0.408 e. The average Bonchev–Trinajstić information content (AvgIpc) is 3.48. The Kier molecular flexibility index (Phi) is 8.44. The van der Waals surface area contributed by atoms with Gasteiger partial charge >= 0.3 is 6.09 Å². The van der Waals surface area contributed by atoms with Gasteiger partial charge in [-0.1, -0.05) is 44.2 Å². The van der Waals surface area contributed by atoms with Crippen LogP contribution in [0.4, 0.5) is 4.79 Å². The van der Waals surface area contributed by atoms with Crippen molar-refractivity contribution in [2.24, 2.45) is 5.92 Å². The number of benzene rings is 1. The molecule has 1 fully saturated rings. The number of alkyl carbamates (subject to hydrolysis) is 1. The molecule has 0 bridgehead atoms. The third-order valence-corrected chi connectivity index (χ3v) is 4.82. The van der Waals surface area contributed by atoms with Crippen molar-refractivity contribution in [3.8, 4) is 0 Å². The van der Waals surface area contributed by atoms with Crippen molar-refractivity contribution >= 4 is 17.9 Å². The molecule has 0 aromatic heterocycles. The molecule has 31 heavy (non-hydrogen) atoms. The van der Waals surface area contributed by atoms with Crippen LogP contribution >= 0.6 is 0 Å². The monoisotopic (exact) mass is 433 g/mol. The van der Waals surface area contributed by atoms with Crippen LogP contribution in [0.5, 0.6) is 0 Å². The highest BCUT2D eigenvalue weighted by molar-refractivity contribution is 5.88. The van der Waals surface area contributed by atoms with Crippen molar-refractivity contribution in [2.75, 3.05) is 0 Å². The second-order valence-corrected chi connectivity index (χ2v) is 9.40. The molecule has 8 heteroatoms. The van der Waals surface area contributed by atoms with E-state index in [2.05, 4.69) is 16.0 Å². The summed E-state index contributed by atoms with van der Waals surface area (Å²) < 4.78 is 5.26. The predicted octanol–water partition coefficient (Wildman–Crippen LogP) is 1.90. The van der Waals surface area contributed by atoms with Gasteiger partial charge in [-0.3, -0.25) is 9.59 Å². The number of carbonyl (C=O) groups is 3. The van der Waals surface area contributed by atoms with Gasteiger partial charge in [-0.15, -0.1) is 0 Å². The van der Waals surface area contributed by atoms with Gasteiger partial charge in [0.15, 0.2) is 6.10 Å². The summed E-state index contributed by atoms with van der Waals surface area (Å²) in [7, 11) is 0.